The molecule has 0 bridgehead atoms. The van der Waals surface area contributed by atoms with Crippen molar-refractivity contribution >= 4 is 19.8 Å². The van der Waals surface area contributed by atoms with E-state index < -0.39 is 26.5 Å². The van der Waals surface area contributed by atoms with Crippen molar-refractivity contribution in [3.8, 4) is 0 Å². The molecule has 0 saturated carbocycles. The third-order valence-electron chi connectivity index (χ3n) is 16.2. The second-order valence-corrected chi connectivity index (χ2v) is 27.4. The fourth-order valence-electron chi connectivity index (χ4n) is 10.6. The van der Waals surface area contributed by atoms with Crippen LogP contribution in [0.5, 0.6) is 0 Å². The lowest BCUT2D eigenvalue weighted by Crippen LogP contribution is -2.37. The molecule has 2 unspecified atom stereocenters. The maximum atomic E-state index is 12.9. The number of nitrogens with zero attached hydrogens (tertiary/aromatic N) is 1. The number of hydrogen-bond donors (Lipinski definition) is 1. The Labute approximate surface area is 533 Å². The molecule has 1 N–H and O–H groups in total. The molecule has 0 aromatic rings. The van der Waals surface area contributed by atoms with Gasteiger partial charge in [0.1, 0.15) is 19.8 Å². The minimum atomic E-state index is -4.39. The van der Waals surface area contributed by atoms with E-state index in [0.29, 0.717) is 23.9 Å². The zero-order valence-corrected chi connectivity index (χ0v) is 58.2. The van der Waals surface area contributed by atoms with Gasteiger partial charge in [-0.05, 0) is 83.5 Å². The SMILES string of the molecule is CC/C=C\C/C=C\C/C=C\C/C=C\C/C=C\CCCCCCCCCCCCCCCCCCCC(=O)OC(COC(=O)CCCCCCCCCCCCCCCCCCC/C=C\CCCCCCCCCC)COP(=O)(O)OCC[N+](C)(C)C. The first-order chi connectivity index (χ1) is 42.0. The molecular weight excluding hydrogens is 1090 g/mol. The summed E-state index contributed by atoms with van der Waals surface area (Å²) in [6.45, 7) is 4.37. The summed E-state index contributed by atoms with van der Waals surface area (Å²) < 4.78 is 34.8. The van der Waals surface area contributed by atoms with E-state index >= 15 is 0 Å². The third kappa shape index (κ3) is 70.5. The van der Waals surface area contributed by atoms with Crippen LogP contribution in [0.2, 0.25) is 0 Å². The molecule has 10 heteroatoms. The topological polar surface area (TPSA) is 108 Å². The van der Waals surface area contributed by atoms with Gasteiger partial charge in [0.2, 0.25) is 0 Å². The number of esters is 2. The number of quaternary nitrogens is 1. The van der Waals surface area contributed by atoms with Gasteiger partial charge in [-0.2, -0.15) is 0 Å². The zero-order chi connectivity index (χ0) is 62.6. The molecule has 0 aliphatic heterocycles. The molecule has 0 rings (SSSR count). The minimum absolute atomic E-state index is 0.0323. The Morgan fingerprint density at radius 1 is 0.372 bits per heavy atom. The standard InChI is InChI=1S/C76H140NO8P/c1-6-8-10-12-14-16-18-20-22-24-26-28-30-32-34-36-37-38-39-41-43-45-47-49-51-53-55-57-59-61-63-65-67-69-76(79)85-74(73-84-86(80,81)83-71-70-77(3,4)5)72-82-75(78)68-66-64-62-60-58-56-54-52-50-48-46-44-42-40-35-33-31-29-27-25-23-21-19-17-15-13-11-9-7-2/h8,10,14,16,20,22,25-28,32,34,74H,6-7,9,11-13,15,17-19,21,23-24,29-31,33,35-73H2,1-5H3/p+1/b10-8-,16-14-,22-20-,27-25-,28-26-,34-32-. The highest BCUT2D eigenvalue weighted by Gasteiger charge is 2.27. The van der Waals surface area contributed by atoms with Crippen molar-refractivity contribution in [3.05, 3.63) is 72.9 Å². The predicted molar refractivity (Wildman–Crippen MR) is 372 cm³/mol. The van der Waals surface area contributed by atoms with Crippen LogP contribution >= 0.6 is 7.82 Å². The van der Waals surface area contributed by atoms with E-state index in [4.69, 9.17) is 18.5 Å². The van der Waals surface area contributed by atoms with Gasteiger partial charge in [0, 0.05) is 12.8 Å². The van der Waals surface area contributed by atoms with E-state index in [1.165, 1.54) is 250 Å². The first kappa shape index (κ1) is 83.5. The number of hydrogen-bond acceptors (Lipinski definition) is 7. The quantitative estimate of drug-likeness (QED) is 0.0211. The Kier molecular flexibility index (Phi) is 64.9. The molecule has 0 aliphatic carbocycles. The number of phosphoric acid groups is 1. The van der Waals surface area contributed by atoms with Crippen LogP contribution in [0.4, 0.5) is 0 Å². The summed E-state index contributed by atoms with van der Waals surface area (Å²) in [5.41, 5.74) is 0. The lowest BCUT2D eigenvalue weighted by molar-refractivity contribution is -0.870. The van der Waals surface area contributed by atoms with E-state index in [1.54, 1.807) is 0 Å². The second kappa shape index (κ2) is 66.9. The number of unbranched alkanes of at least 4 members (excludes halogenated alkanes) is 42. The number of carbonyl (C=O) groups is 2. The molecule has 0 radical (unpaired) electrons. The van der Waals surface area contributed by atoms with E-state index in [1.807, 2.05) is 21.1 Å². The van der Waals surface area contributed by atoms with Gasteiger partial charge in [0.05, 0.1) is 27.7 Å². The molecule has 0 heterocycles. The molecule has 0 aromatic heterocycles. The Balaban J connectivity index is 3.99. The van der Waals surface area contributed by atoms with Gasteiger partial charge in [-0.3, -0.25) is 18.6 Å². The molecule has 0 spiro atoms. The molecule has 0 aromatic carbocycles. The van der Waals surface area contributed by atoms with Gasteiger partial charge in [-0.25, -0.2) is 4.57 Å². The number of likely N-dealkylation sites (N-methyl/N-ethyl adjacent to an activating group) is 1. The largest absolute Gasteiger partial charge is 0.472 e. The highest BCUT2D eigenvalue weighted by molar-refractivity contribution is 7.47. The normalized spacial score (nSPS) is 13.5. The lowest BCUT2D eigenvalue weighted by atomic mass is 10.0. The molecule has 0 aliphatic rings. The molecule has 0 saturated heterocycles. The molecular formula is C76H141NO8P+. The molecule has 0 amide bonds. The van der Waals surface area contributed by atoms with Crippen LogP contribution in [0.1, 0.15) is 348 Å². The highest BCUT2D eigenvalue weighted by Crippen LogP contribution is 2.43. The summed E-state index contributed by atoms with van der Waals surface area (Å²) in [7, 11) is 1.49. The van der Waals surface area contributed by atoms with Crippen LogP contribution in [0.3, 0.4) is 0 Å². The first-order valence-electron chi connectivity index (χ1n) is 36.7. The second-order valence-electron chi connectivity index (χ2n) is 25.9. The van der Waals surface area contributed by atoms with E-state index in [-0.39, 0.29) is 25.6 Å². The number of rotatable bonds is 68. The first-order valence-corrected chi connectivity index (χ1v) is 38.2. The van der Waals surface area contributed by atoms with Crippen LogP contribution in [0, 0.1) is 0 Å². The van der Waals surface area contributed by atoms with Gasteiger partial charge in [0.25, 0.3) is 0 Å². The summed E-state index contributed by atoms with van der Waals surface area (Å²) in [4.78, 5) is 35.9. The summed E-state index contributed by atoms with van der Waals surface area (Å²) in [5.74, 6) is -0.781. The maximum absolute atomic E-state index is 12.9. The Bertz CT molecular complexity index is 1680. The van der Waals surface area contributed by atoms with E-state index in [2.05, 4.69) is 86.8 Å². The smallest absolute Gasteiger partial charge is 0.462 e. The maximum Gasteiger partial charge on any atom is 0.472 e. The van der Waals surface area contributed by atoms with Crippen LogP contribution in [-0.2, 0) is 32.7 Å². The number of allylic oxidation sites excluding steroid dienone is 12. The van der Waals surface area contributed by atoms with Crippen molar-refractivity contribution in [1.29, 1.82) is 0 Å². The third-order valence-corrected chi connectivity index (χ3v) is 17.2. The predicted octanol–water partition coefficient (Wildman–Crippen LogP) is 23.9. The highest BCUT2D eigenvalue weighted by atomic mass is 31.2. The molecule has 0 fully saturated rings. The van der Waals surface area contributed by atoms with E-state index in [0.717, 1.165) is 64.2 Å². The monoisotopic (exact) mass is 1230 g/mol. The summed E-state index contributed by atoms with van der Waals surface area (Å²) in [6.07, 6.45) is 90.2. The zero-order valence-electron chi connectivity index (χ0n) is 57.3. The number of ether oxygens (including phenoxy) is 2. The molecule has 502 valence electrons. The fraction of sp³-hybridized carbons (Fsp3) is 0.816. The van der Waals surface area contributed by atoms with Crippen molar-refractivity contribution in [2.75, 3.05) is 47.5 Å². The molecule has 86 heavy (non-hydrogen) atoms. The van der Waals surface area contributed by atoms with Crippen LogP contribution in [0.25, 0.3) is 0 Å². The van der Waals surface area contributed by atoms with E-state index in [9.17, 15) is 19.0 Å². The molecule has 9 nitrogen and oxygen atoms in total. The fourth-order valence-corrected chi connectivity index (χ4v) is 11.4. The van der Waals surface area contributed by atoms with Crippen molar-refractivity contribution < 1.29 is 42.1 Å². The van der Waals surface area contributed by atoms with Gasteiger partial charge >= 0.3 is 19.8 Å². The minimum Gasteiger partial charge on any atom is -0.462 e. The van der Waals surface area contributed by atoms with Crippen molar-refractivity contribution in [2.24, 2.45) is 0 Å². The Morgan fingerprint density at radius 2 is 0.663 bits per heavy atom. The lowest BCUT2D eigenvalue weighted by Gasteiger charge is -2.24. The Morgan fingerprint density at radius 3 is 1.00 bits per heavy atom. The average Bonchev–Trinajstić information content (AvgIpc) is 3.70. The van der Waals surface area contributed by atoms with Gasteiger partial charge < -0.3 is 18.9 Å². The van der Waals surface area contributed by atoms with Gasteiger partial charge in [-0.15, -0.1) is 0 Å². The summed E-state index contributed by atoms with van der Waals surface area (Å²) in [5, 5.41) is 0. The molecule has 2 atom stereocenters. The van der Waals surface area contributed by atoms with Crippen molar-refractivity contribution in [3.63, 3.8) is 0 Å². The van der Waals surface area contributed by atoms with Gasteiger partial charge in [-0.1, -0.05) is 324 Å². The summed E-state index contributed by atoms with van der Waals surface area (Å²) >= 11 is 0. The van der Waals surface area contributed by atoms with Crippen LogP contribution < -0.4 is 0 Å². The van der Waals surface area contributed by atoms with Gasteiger partial charge in [0.15, 0.2) is 6.10 Å². The van der Waals surface area contributed by atoms with Crippen molar-refractivity contribution in [2.45, 2.75) is 354 Å². The Hall–Kier alpha value is -2.55. The number of phosphoric ester groups is 1. The summed E-state index contributed by atoms with van der Waals surface area (Å²) in [6, 6.07) is 0. The average molecular weight is 1230 g/mol. The van der Waals surface area contributed by atoms with Crippen molar-refractivity contribution in [1.82, 2.24) is 0 Å². The number of carbonyl (C=O) groups excluding carboxylic acids is 2. The van der Waals surface area contributed by atoms with Crippen LogP contribution in [-0.4, -0.2) is 74.9 Å². The van der Waals surface area contributed by atoms with Crippen LogP contribution in [0.15, 0.2) is 72.9 Å².